The Morgan fingerprint density at radius 3 is 2.46 bits per heavy atom. The zero-order chi connectivity index (χ0) is 57.0. The molecule has 4 aliphatic heterocycles. The van der Waals surface area contributed by atoms with Gasteiger partial charge in [0.15, 0.2) is 0 Å². The summed E-state index contributed by atoms with van der Waals surface area (Å²) < 4.78 is 31.8. The van der Waals surface area contributed by atoms with E-state index in [1.165, 1.54) is 21.8 Å². The predicted molar refractivity (Wildman–Crippen MR) is 314 cm³/mol. The number of carbonyl (C=O) groups is 5. The lowest BCUT2D eigenvalue weighted by Crippen LogP contribution is -2.62. The first-order valence-electron chi connectivity index (χ1n) is 29.5. The number of likely N-dealkylation sites (tertiary alicyclic amines) is 1. The highest BCUT2D eigenvalue weighted by molar-refractivity contribution is 7.83. The fourth-order valence-corrected chi connectivity index (χ4v) is 15.2. The SMILES string of the molecule is CCn1c2c3c4cc(ccc41)-c1cccc(c1)C[C@H](NC(=O)[C@H](C1CCCC1)N(C)C(=O)[C@H]1CN(C(=O)C[C@H](NS(=O)c4ccc(C)cc4)C4C=C4)C[C@H]1C)C(=O)N1CCC[C@H](N1)C(=O)OCC(C)(C)C3[C@H](OC)C1=C2C(C)CC=N1. The van der Waals surface area contributed by atoms with Crippen LogP contribution in [0, 0.1) is 41.9 Å². The van der Waals surface area contributed by atoms with Gasteiger partial charge in [-0.25, -0.2) is 14.4 Å². The average Bonchev–Trinajstić information content (AvgIpc) is 2.59. The van der Waals surface area contributed by atoms with Crippen molar-refractivity contribution in [1.82, 2.24) is 34.8 Å². The number of amides is 4. The fourth-order valence-electron chi connectivity index (χ4n) is 14.1. The molecule has 0 spiro atoms. The first-order chi connectivity index (χ1) is 38.9. The second kappa shape index (κ2) is 23.2. The third-order valence-corrected chi connectivity index (χ3v) is 19.9. The highest BCUT2D eigenvalue weighted by atomic mass is 32.2. The van der Waals surface area contributed by atoms with E-state index in [-0.39, 0.29) is 73.4 Å². The molecule has 7 aliphatic rings. The summed E-state index contributed by atoms with van der Waals surface area (Å²) in [5.41, 5.74) is 12.0. The minimum atomic E-state index is -1.52. The molecule has 11 rings (SSSR count). The van der Waals surface area contributed by atoms with E-state index in [4.69, 9.17) is 14.5 Å². The van der Waals surface area contributed by atoms with Crippen LogP contribution in [-0.4, -0.2) is 130 Å². The molecule has 4 aromatic rings. The largest absolute Gasteiger partial charge is 0.464 e. The number of aliphatic imine (C=N–C) groups is 1. The Bertz CT molecular complexity index is 3230. The zero-order valence-corrected chi connectivity index (χ0v) is 49.1. The van der Waals surface area contributed by atoms with Gasteiger partial charge in [-0.2, -0.15) is 0 Å². The zero-order valence-electron chi connectivity index (χ0n) is 48.2. The van der Waals surface area contributed by atoms with E-state index in [2.05, 4.69) is 78.1 Å². The summed E-state index contributed by atoms with van der Waals surface area (Å²) in [4.78, 5) is 82.8. The minimum Gasteiger partial charge on any atom is -0.464 e. The highest BCUT2D eigenvalue weighted by Gasteiger charge is 2.50. The molecule has 4 amide bonds. The number of likely N-dealkylation sites (N-methyl/N-ethyl adjacent to an activating group) is 1. The highest BCUT2D eigenvalue weighted by Crippen LogP contribution is 2.55. The quantitative estimate of drug-likeness (QED) is 0.0881. The van der Waals surface area contributed by atoms with Gasteiger partial charge in [-0.05, 0) is 110 Å². The number of fused-ring (bicyclic) bond motifs is 7. The van der Waals surface area contributed by atoms with Crippen molar-refractivity contribution in [1.29, 1.82) is 0 Å². The van der Waals surface area contributed by atoms with Crippen LogP contribution >= 0.6 is 0 Å². The molecule has 3 aliphatic carbocycles. The van der Waals surface area contributed by atoms with E-state index in [0.29, 0.717) is 30.8 Å². The van der Waals surface area contributed by atoms with Crippen LogP contribution in [0.4, 0.5) is 0 Å². The van der Waals surface area contributed by atoms with Gasteiger partial charge in [-0.3, -0.25) is 34.0 Å². The molecule has 81 heavy (non-hydrogen) atoms. The molecule has 5 heterocycles. The molecule has 3 unspecified atom stereocenters. The van der Waals surface area contributed by atoms with Gasteiger partial charge in [-0.15, -0.1) is 0 Å². The lowest BCUT2D eigenvalue weighted by Gasteiger charge is -2.44. The molecule has 6 bridgehead atoms. The van der Waals surface area contributed by atoms with Crippen molar-refractivity contribution in [2.75, 3.05) is 40.4 Å². The maximum Gasteiger partial charge on any atom is 0.324 e. The average molecular weight is 1120 g/mol. The van der Waals surface area contributed by atoms with Crippen LogP contribution in [0.2, 0.25) is 0 Å². The Balaban J connectivity index is 0.883. The van der Waals surface area contributed by atoms with Gasteiger partial charge in [0.2, 0.25) is 17.7 Å². The standard InChI is InChI=1S/C64H80N8O8S/c1-9-71-51-26-23-44-32-46(51)54-55(59(79-8)56-53(58(54)71)38(3)27-28-65-56)64(5,6)36-80-63(77)48-18-13-29-72(67-48)62(76)50(31-40-14-12-17-43(44)30-40)66-60(74)57(42-15-10-11-16-42)69(7)61(75)47-35-70(34-39(47)4)52(73)33-49(41-21-22-41)68-81(78)45-24-19-37(2)20-25-45/h12,14,17,19-26,28,30,32,38-39,41-42,47-50,55,57,59,67-68H,9-11,13,15-16,18,27,29,31,33-36H2,1-8H3,(H,66,74)/t38?,39-,47+,48+,49+,50+,55?,57+,59+,81?/m1/s1. The molecule has 16 nitrogen and oxygen atoms in total. The summed E-state index contributed by atoms with van der Waals surface area (Å²) >= 11 is 0. The molecule has 2 saturated heterocycles. The number of allylic oxidation sites excluding steroid dienone is 1. The maximum absolute atomic E-state index is 15.3. The number of ether oxygens (including phenoxy) is 2. The van der Waals surface area contributed by atoms with Crippen molar-refractivity contribution < 1.29 is 37.7 Å². The summed E-state index contributed by atoms with van der Waals surface area (Å²) in [5, 5.41) is 5.78. The number of benzene rings is 3. The van der Waals surface area contributed by atoms with Crippen molar-refractivity contribution in [3.8, 4) is 11.1 Å². The first-order valence-corrected chi connectivity index (χ1v) is 30.7. The van der Waals surface area contributed by atoms with Crippen LogP contribution in [0.5, 0.6) is 0 Å². The molecule has 17 heteroatoms. The maximum atomic E-state index is 15.3. The van der Waals surface area contributed by atoms with Crippen molar-refractivity contribution >= 4 is 63.3 Å². The van der Waals surface area contributed by atoms with Gasteiger partial charge in [0.1, 0.15) is 35.2 Å². The Morgan fingerprint density at radius 1 is 0.975 bits per heavy atom. The Hall–Kier alpha value is -6.27. The van der Waals surface area contributed by atoms with Crippen LogP contribution in [0.3, 0.4) is 0 Å². The monoisotopic (exact) mass is 1120 g/mol. The summed E-state index contributed by atoms with van der Waals surface area (Å²) in [6.07, 6.45) is 11.0. The summed E-state index contributed by atoms with van der Waals surface area (Å²) in [5.74, 6) is -2.52. The first kappa shape index (κ1) is 56.6. The van der Waals surface area contributed by atoms with Gasteiger partial charge in [-0.1, -0.05) is 101 Å². The number of aryl methyl sites for hydroxylation is 2. The number of rotatable bonds is 13. The topological polar surface area (TPSA) is 184 Å². The van der Waals surface area contributed by atoms with Crippen LogP contribution in [0.15, 0.2) is 94.5 Å². The Morgan fingerprint density at radius 2 is 1.73 bits per heavy atom. The molecule has 10 atom stereocenters. The van der Waals surface area contributed by atoms with E-state index in [0.717, 1.165) is 77.5 Å². The molecular formula is C64H80N8O8S. The van der Waals surface area contributed by atoms with Crippen molar-refractivity contribution in [2.24, 2.45) is 40.0 Å². The number of hydrogen-bond acceptors (Lipinski definition) is 10. The van der Waals surface area contributed by atoms with Gasteiger partial charge < -0.3 is 29.2 Å². The van der Waals surface area contributed by atoms with E-state index in [1.54, 1.807) is 24.0 Å². The van der Waals surface area contributed by atoms with Gasteiger partial charge in [0.05, 0.1) is 28.8 Å². The lowest BCUT2D eigenvalue weighted by molar-refractivity contribution is -0.156. The minimum absolute atomic E-state index is 0.00449. The van der Waals surface area contributed by atoms with E-state index >= 15 is 9.59 Å². The number of hydrogen-bond donors (Lipinski definition) is 3. The van der Waals surface area contributed by atoms with Crippen molar-refractivity contribution in [2.45, 2.75) is 147 Å². The third kappa shape index (κ3) is 11.1. The number of nitrogens with zero attached hydrogens (tertiary/aromatic N) is 5. The molecule has 1 aromatic heterocycles. The second-order valence-electron chi connectivity index (χ2n) is 24.8. The van der Waals surface area contributed by atoms with E-state index in [9.17, 15) is 18.6 Å². The van der Waals surface area contributed by atoms with Crippen LogP contribution in [0.25, 0.3) is 27.6 Å². The number of esters is 1. The number of methoxy groups -OCH3 is 1. The number of carbonyl (C=O) groups excluding carboxylic acids is 5. The second-order valence-corrected chi connectivity index (χ2v) is 26.0. The molecule has 3 fully saturated rings. The summed E-state index contributed by atoms with van der Waals surface area (Å²) in [6.45, 7) is 14.4. The number of nitrogens with one attached hydrogen (secondary N) is 3. The van der Waals surface area contributed by atoms with Gasteiger partial charge in [0, 0.05) is 99.2 Å². The number of hydrazine groups is 1. The number of aromatic nitrogens is 1. The van der Waals surface area contributed by atoms with E-state index in [1.807, 2.05) is 68.6 Å². The molecule has 430 valence electrons. The van der Waals surface area contributed by atoms with Crippen LogP contribution in [-0.2, 0) is 57.4 Å². The summed E-state index contributed by atoms with van der Waals surface area (Å²) in [6, 6.07) is 19.2. The molecule has 3 aromatic carbocycles. The molecular weight excluding hydrogens is 1040 g/mol. The third-order valence-electron chi connectivity index (χ3n) is 18.7. The molecule has 0 radical (unpaired) electrons. The van der Waals surface area contributed by atoms with Gasteiger partial charge in [0.25, 0.3) is 5.91 Å². The van der Waals surface area contributed by atoms with Crippen molar-refractivity contribution in [3.63, 3.8) is 0 Å². The Labute approximate surface area is 479 Å². The van der Waals surface area contributed by atoms with E-state index < -0.39 is 64.3 Å². The number of cyclic esters (lactones) is 1. The van der Waals surface area contributed by atoms with Crippen molar-refractivity contribution in [3.05, 3.63) is 107 Å². The molecule has 1 saturated carbocycles. The fraction of sp³-hybridized carbons (Fsp3) is 0.531. The molecule has 3 N–H and O–H groups in total. The van der Waals surface area contributed by atoms with Gasteiger partial charge >= 0.3 is 5.97 Å². The summed E-state index contributed by atoms with van der Waals surface area (Å²) in [7, 11) is 1.93. The van der Waals surface area contributed by atoms with Crippen LogP contribution < -0.4 is 15.5 Å². The predicted octanol–water partition coefficient (Wildman–Crippen LogP) is 8.05. The van der Waals surface area contributed by atoms with Crippen LogP contribution in [0.1, 0.15) is 114 Å². The smallest absolute Gasteiger partial charge is 0.324 e. The normalized spacial score (nSPS) is 26.7. The lowest BCUT2D eigenvalue weighted by atomic mass is 9.66. The Kier molecular flexibility index (Phi) is 16.2.